The van der Waals surface area contributed by atoms with Gasteiger partial charge in [0.15, 0.2) is 15.7 Å². The third-order valence-corrected chi connectivity index (χ3v) is 4.30. The van der Waals surface area contributed by atoms with Crippen molar-refractivity contribution < 1.29 is 22.8 Å². The number of hydrogen-bond donors (Lipinski definition) is 1. The zero-order valence-corrected chi connectivity index (χ0v) is 11.6. The second-order valence-corrected chi connectivity index (χ2v) is 6.26. The predicted octanol–water partition coefficient (Wildman–Crippen LogP) is 1.36. The molecule has 2 aromatic rings. The van der Waals surface area contributed by atoms with Crippen molar-refractivity contribution in [1.82, 2.24) is 10.1 Å². The summed E-state index contributed by atoms with van der Waals surface area (Å²) < 4.78 is 29.1. The molecule has 0 radical (unpaired) electrons. The SMILES string of the molecule is Cc1nc(CS(=O)(=O)c2ccc(C)c(C(=O)O)c2)no1. The summed E-state index contributed by atoms with van der Waals surface area (Å²) in [6.45, 7) is 3.15. The molecule has 0 aliphatic rings. The number of carboxylic acid groups (broad SMARTS) is 1. The summed E-state index contributed by atoms with van der Waals surface area (Å²) in [5.74, 6) is -1.30. The highest BCUT2D eigenvalue weighted by Gasteiger charge is 2.21. The molecular formula is C12H12N2O5S. The molecule has 0 fully saturated rings. The molecule has 1 aromatic heterocycles. The minimum Gasteiger partial charge on any atom is -0.478 e. The fourth-order valence-electron chi connectivity index (χ4n) is 1.68. The van der Waals surface area contributed by atoms with Crippen LogP contribution in [0.3, 0.4) is 0 Å². The van der Waals surface area contributed by atoms with E-state index in [4.69, 9.17) is 9.63 Å². The van der Waals surface area contributed by atoms with Crippen molar-refractivity contribution >= 4 is 15.8 Å². The molecule has 0 atom stereocenters. The summed E-state index contributed by atoms with van der Waals surface area (Å²) >= 11 is 0. The summed E-state index contributed by atoms with van der Waals surface area (Å²) in [5.41, 5.74) is 0.447. The molecule has 20 heavy (non-hydrogen) atoms. The Kier molecular flexibility index (Phi) is 3.58. The lowest BCUT2D eigenvalue weighted by molar-refractivity contribution is 0.0696. The van der Waals surface area contributed by atoms with Gasteiger partial charge in [-0.2, -0.15) is 4.98 Å². The molecule has 1 heterocycles. The molecule has 7 nitrogen and oxygen atoms in total. The highest BCUT2D eigenvalue weighted by Crippen LogP contribution is 2.19. The molecule has 2 rings (SSSR count). The molecule has 0 bridgehead atoms. The molecule has 0 saturated carbocycles. The van der Waals surface area contributed by atoms with E-state index in [-0.39, 0.29) is 22.2 Å². The van der Waals surface area contributed by atoms with Crippen LogP contribution < -0.4 is 0 Å². The minimum atomic E-state index is -3.72. The van der Waals surface area contributed by atoms with Crippen LogP contribution in [0, 0.1) is 13.8 Å². The monoisotopic (exact) mass is 296 g/mol. The van der Waals surface area contributed by atoms with Crippen LogP contribution in [0.15, 0.2) is 27.6 Å². The van der Waals surface area contributed by atoms with Crippen molar-refractivity contribution in [2.24, 2.45) is 0 Å². The standard InChI is InChI=1S/C12H12N2O5S/c1-7-3-4-9(5-10(7)12(15)16)20(17,18)6-11-13-8(2)19-14-11/h3-5H,6H2,1-2H3,(H,15,16). The maximum Gasteiger partial charge on any atom is 0.335 e. The summed E-state index contributed by atoms with van der Waals surface area (Å²) in [6, 6.07) is 3.96. The summed E-state index contributed by atoms with van der Waals surface area (Å²) in [7, 11) is -3.72. The maximum absolute atomic E-state index is 12.2. The first-order valence-electron chi connectivity index (χ1n) is 5.65. The van der Waals surface area contributed by atoms with Crippen molar-refractivity contribution in [3.05, 3.63) is 41.0 Å². The van der Waals surface area contributed by atoms with E-state index in [1.165, 1.54) is 12.1 Å². The molecule has 8 heteroatoms. The minimum absolute atomic E-state index is 0.0416. The first-order valence-corrected chi connectivity index (χ1v) is 7.31. The smallest absolute Gasteiger partial charge is 0.335 e. The molecular weight excluding hydrogens is 284 g/mol. The summed E-state index contributed by atoms with van der Waals surface area (Å²) in [6.07, 6.45) is 0. The van der Waals surface area contributed by atoms with Crippen molar-refractivity contribution in [2.75, 3.05) is 0 Å². The van der Waals surface area contributed by atoms with Crippen LogP contribution in [0.2, 0.25) is 0 Å². The Bertz CT molecular complexity index is 764. The van der Waals surface area contributed by atoms with Gasteiger partial charge in [0.1, 0.15) is 5.75 Å². The molecule has 0 spiro atoms. The van der Waals surface area contributed by atoms with Crippen molar-refractivity contribution in [2.45, 2.75) is 24.5 Å². The van der Waals surface area contributed by atoms with E-state index >= 15 is 0 Å². The van der Waals surface area contributed by atoms with Gasteiger partial charge in [0.05, 0.1) is 10.5 Å². The average Bonchev–Trinajstić information content (AvgIpc) is 2.73. The normalized spacial score (nSPS) is 11.5. The van der Waals surface area contributed by atoms with Gasteiger partial charge >= 0.3 is 5.97 Å². The molecule has 0 aliphatic heterocycles. The first kappa shape index (κ1) is 14.2. The van der Waals surface area contributed by atoms with E-state index in [1.54, 1.807) is 13.8 Å². The van der Waals surface area contributed by atoms with Crippen LogP contribution in [0.4, 0.5) is 0 Å². The number of carbonyl (C=O) groups is 1. The highest BCUT2D eigenvalue weighted by atomic mass is 32.2. The Morgan fingerprint density at radius 2 is 2.05 bits per heavy atom. The predicted molar refractivity (Wildman–Crippen MR) is 68.1 cm³/mol. The summed E-state index contributed by atoms with van der Waals surface area (Å²) in [5, 5.41) is 12.5. The quantitative estimate of drug-likeness (QED) is 0.906. The van der Waals surface area contributed by atoms with E-state index in [0.717, 1.165) is 6.07 Å². The number of aromatic nitrogens is 2. The van der Waals surface area contributed by atoms with Gasteiger partial charge in [0.25, 0.3) is 0 Å². The van der Waals surface area contributed by atoms with Gasteiger partial charge in [0.2, 0.25) is 5.89 Å². The molecule has 1 N–H and O–H groups in total. The zero-order chi connectivity index (χ0) is 14.9. The van der Waals surface area contributed by atoms with E-state index in [0.29, 0.717) is 5.56 Å². The van der Waals surface area contributed by atoms with E-state index in [9.17, 15) is 13.2 Å². The highest BCUT2D eigenvalue weighted by molar-refractivity contribution is 7.90. The number of benzene rings is 1. The van der Waals surface area contributed by atoms with Crippen molar-refractivity contribution in [3.8, 4) is 0 Å². The van der Waals surface area contributed by atoms with Crippen molar-refractivity contribution in [3.63, 3.8) is 0 Å². The first-order chi connectivity index (χ1) is 9.29. The van der Waals surface area contributed by atoms with Gasteiger partial charge in [-0.25, -0.2) is 13.2 Å². The second kappa shape index (κ2) is 5.04. The Balaban J connectivity index is 2.39. The lowest BCUT2D eigenvalue weighted by Gasteiger charge is -2.05. The van der Waals surface area contributed by atoms with Gasteiger partial charge in [-0.15, -0.1) is 0 Å². The second-order valence-electron chi connectivity index (χ2n) is 4.27. The molecule has 0 saturated heterocycles. The number of rotatable bonds is 4. The van der Waals surface area contributed by atoms with E-state index in [1.807, 2.05) is 0 Å². The topological polar surface area (TPSA) is 110 Å². The number of carboxylic acids is 1. The van der Waals surface area contributed by atoms with Crippen LogP contribution in [0.25, 0.3) is 0 Å². The Morgan fingerprint density at radius 3 is 2.60 bits per heavy atom. The van der Waals surface area contributed by atoms with Crippen LogP contribution >= 0.6 is 0 Å². The van der Waals surface area contributed by atoms with E-state index in [2.05, 4.69) is 10.1 Å². The third-order valence-electron chi connectivity index (χ3n) is 2.69. The van der Waals surface area contributed by atoms with Crippen LogP contribution in [0.1, 0.15) is 27.6 Å². The molecule has 1 aromatic carbocycles. The number of sulfone groups is 1. The van der Waals surface area contributed by atoms with Crippen LogP contribution in [0.5, 0.6) is 0 Å². The van der Waals surface area contributed by atoms with Crippen LogP contribution in [-0.2, 0) is 15.6 Å². The lowest BCUT2D eigenvalue weighted by Crippen LogP contribution is -2.09. The summed E-state index contributed by atoms with van der Waals surface area (Å²) in [4.78, 5) is 14.8. The number of aryl methyl sites for hydroxylation is 2. The van der Waals surface area contributed by atoms with Gasteiger partial charge in [-0.1, -0.05) is 11.2 Å². The number of hydrogen-bond acceptors (Lipinski definition) is 6. The van der Waals surface area contributed by atoms with Crippen LogP contribution in [-0.4, -0.2) is 29.6 Å². The number of aromatic carboxylic acids is 1. The number of nitrogens with zero attached hydrogens (tertiary/aromatic N) is 2. The third kappa shape index (κ3) is 2.85. The van der Waals surface area contributed by atoms with Gasteiger partial charge in [-0.05, 0) is 24.6 Å². The lowest BCUT2D eigenvalue weighted by atomic mass is 10.1. The molecule has 106 valence electrons. The molecule has 0 aliphatic carbocycles. The van der Waals surface area contributed by atoms with Crippen molar-refractivity contribution in [1.29, 1.82) is 0 Å². The van der Waals surface area contributed by atoms with Gasteiger partial charge in [-0.3, -0.25) is 0 Å². The largest absolute Gasteiger partial charge is 0.478 e. The zero-order valence-electron chi connectivity index (χ0n) is 10.8. The Hall–Kier alpha value is -2.22. The average molecular weight is 296 g/mol. The molecule has 0 unspecified atom stereocenters. The fourth-order valence-corrected chi connectivity index (χ4v) is 2.87. The Morgan fingerprint density at radius 1 is 1.35 bits per heavy atom. The van der Waals surface area contributed by atoms with Gasteiger partial charge in [0, 0.05) is 6.92 Å². The molecule has 0 amide bonds. The van der Waals surface area contributed by atoms with Gasteiger partial charge < -0.3 is 9.63 Å². The maximum atomic E-state index is 12.2. The van der Waals surface area contributed by atoms with E-state index < -0.39 is 21.6 Å². The Labute approximate surface area is 115 Å². The fraction of sp³-hybridized carbons (Fsp3) is 0.250.